The molecule has 0 aliphatic heterocycles. The first-order valence-corrected chi connectivity index (χ1v) is 16.6. The first-order valence-electron chi connectivity index (χ1n) is 14.9. The highest BCUT2D eigenvalue weighted by Crippen LogP contribution is 2.36. The SMILES string of the molecule is Cc1cc(C)c(C(c2c(C)cc(C)cc2C)=c2sc(=C(c3c(C)cc(C)cc3C)c3c(C)cc(C)cc3C)s2)c(C)c1. The van der Waals surface area contributed by atoms with Gasteiger partial charge in [-0.3, -0.25) is 0 Å². The van der Waals surface area contributed by atoms with Crippen molar-refractivity contribution in [1.82, 2.24) is 0 Å². The Morgan fingerprint density at radius 1 is 0.310 bits per heavy atom. The normalized spacial score (nSPS) is 11.3. The molecule has 0 saturated carbocycles. The molecule has 0 unspecified atom stereocenters. The van der Waals surface area contributed by atoms with E-state index in [1.54, 1.807) is 0 Å². The summed E-state index contributed by atoms with van der Waals surface area (Å²) < 4.78 is 2.80. The smallest absolute Gasteiger partial charge is 0.0906 e. The molecule has 5 rings (SSSR count). The van der Waals surface area contributed by atoms with E-state index in [0.29, 0.717) is 0 Å². The third-order valence-corrected chi connectivity index (χ3v) is 11.0. The largest absolute Gasteiger partial charge is 0.113 e. The van der Waals surface area contributed by atoms with Crippen molar-refractivity contribution in [3.05, 3.63) is 145 Å². The molecule has 0 N–H and O–H groups in total. The fourth-order valence-corrected chi connectivity index (χ4v) is 9.66. The van der Waals surface area contributed by atoms with E-state index in [1.807, 2.05) is 22.7 Å². The molecule has 0 aliphatic rings. The van der Waals surface area contributed by atoms with Crippen molar-refractivity contribution in [2.24, 2.45) is 0 Å². The minimum Gasteiger partial charge on any atom is -0.113 e. The topological polar surface area (TPSA) is 0 Å². The average Bonchev–Trinajstić information content (AvgIpc) is 2.80. The van der Waals surface area contributed by atoms with Crippen molar-refractivity contribution in [2.75, 3.05) is 0 Å². The molecular formula is C40H44S2. The molecule has 4 aromatic carbocycles. The molecule has 0 radical (unpaired) electrons. The predicted molar refractivity (Wildman–Crippen MR) is 187 cm³/mol. The summed E-state index contributed by atoms with van der Waals surface area (Å²) in [4.78, 5) is 0. The van der Waals surface area contributed by atoms with E-state index in [-0.39, 0.29) is 0 Å². The van der Waals surface area contributed by atoms with Gasteiger partial charge in [-0.25, -0.2) is 0 Å². The molecular weight excluding hydrogens is 545 g/mol. The summed E-state index contributed by atoms with van der Waals surface area (Å²) in [5.41, 5.74) is 24.4. The van der Waals surface area contributed by atoms with E-state index in [0.717, 1.165) is 0 Å². The Morgan fingerprint density at radius 2 is 0.476 bits per heavy atom. The summed E-state index contributed by atoms with van der Waals surface area (Å²) >= 11 is 3.96. The lowest BCUT2D eigenvalue weighted by Gasteiger charge is -2.22. The minimum atomic E-state index is 1.32. The van der Waals surface area contributed by atoms with Crippen LogP contribution in [-0.4, -0.2) is 0 Å². The van der Waals surface area contributed by atoms with Gasteiger partial charge in [0.25, 0.3) is 0 Å². The third kappa shape index (κ3) is 5.48. The summed E-state index contributed by atoms with van der Waals surface area (Å²) in [7, 11) is 0. The molecule has 0 amide bonds. The van der Waals surface area contributed by atoms with E-state index >= 15 is 0 Å². The van der Waals surface area contributed by atoms with Crippen LogP contribution in [0.1, 0.15) is 89.0 Å². The van der Waals surface area contributed by atoms with Gasteiger partial charge in [-0.2, -0.15) is 0 Å². The van der Waals surface area contributed by atoms with E-state index in [4.69, 9.17) is 0 Å². The Hall–Kier alpha value is -3.20. The van der Waals surface area contributed by atoms with Gasteiger partial charge < -0.3 is 0 Å². The zero-order chi connectivity index (χ0) is 30.6. The number of aryl methyl sites for hydroxylation is 12. The molecule has 216 valence electrons. The Kier molecular flexibility index (Phi) is 8.27. The van der Waals surface area contributed by atoms with Gasteiger partial charge in [-0.1, -0.05) is 70.8 Å². The van der Waals surface area contributed by atoms with Crippen molar-refractivity contribution < 1.29 is 0 Å². The van der Waals surface area contributed by atoms with Crippen molar-refractivity contribution in [2.45, 2.75) is 83.1 Å². The van der Waals surface area contributed by atoms with Gasteiger partial charge >= 0.3 is 0 Å². The van der Waals surface area contributed by atoms with Crippen LogP contribution in [0.4, 0.5) is 0 Å². The standard InChI is InChI=1S/C40H44S2/c1-21-13-25(5)33(26(6)14-21)37(34-27(7)15-22(2)16-28(34)8)39-41-40(42-39)38(35-29(9)17-23(3)18-30(35)10)36-31(11)19-24(4)20-32(36)12/h13-20H,1-12H3. The maximum atomic E-state index is 2.34. The van der Waals surface area contributed by atoms with Crippen LogP contribution < -0.4 is 7.69 Å². The van der Waals surface area contributed by atoms with Gasteiger partial charge in [-0.15, -0.1) is 22.7 Å². The Morgan fingerprint density at radius 3 is 0.643 bits per heavy atom. The van der Waals surface area contributed by atoms with E-state index < -0.39 is 0 Å². The fraction of sp³-hybridized carbons (Fsp3) is 0.300. The first kappa shape index (κ1) is 30.3. The summed E-state index contributed by atoms with van der Waals surface area (Å²) in [6, 6.07) is 18.7. The molecule has 0 aliphatic carbocycles. The van der Waals surface area contributed by atoms with Crippen LogP contribution in [0, 0.1) is 83.1 Å². The van der Waals surface area contributed by atoms with E-state index in [9.17, 15) is 0 Å². The monoisotopic (exact) mass is 588 g/mol. The molecule has 2 heteroatoms. The fourth-order valence-electron chi connectivity index (χ4n) is 7.34. The quantitative estimate of drug-likeness (QED) is 0.196. The number of hydrogen-bond donors (Lipinski definition) is 0. The summed E-state index contributed by atoms with van der Waals surface area (Å²) in [6.45, 7) is 27.1. The number of hydrogen-bond acceptors (Lipinski definition) is 2. The molecule has 0 nitrogen and oxygen atoms in total. The Labute approximate surface area is 261 Å². The van der Waals surface area contributed by atoms with Crippen LogP contribution in [0.5, 0.6) is 0 Å². The molecule has 5 aromatic rings. The molecule has 0 bridgehead atoms. The predicted octanol–water partition coefficient (Wildman–Crippen LogP) is 10.0. The zero-order valence-electron chi connectivity index (χ0n) is 27.4. The third-order valence-electron chi connectivity index (χ3n) is 8.49. The second-order valence-electron chi connectivity index (χ2n) is 12.6. The maximum Gasteiger partial charge on any atom is 0.0906 e. The van der Waals surface area contributed by atoms with E-state index in [1.165, 1.54) is 108 Å². The molecule has 0 fully saturated rings. The average molecular weight is 589 g/mol. The van der Waals surface area contributed by atoms with Crippen LogP contribution in [0.25, 0.3) is 11.1 Å². The molecule has 0 atom stereocenters. The highest BCUT2D eigenvalue weighted by Gasteiger charge is 2.22. The van der Waals surface area contributed by atoms with Gasteiger partial charge in [0.1, 0.15) is 0 Å². The maximum absolute atomic E-state index is 2.34. The van der Waals surface area contributed by atoms with Gasteiger partial charge in [0.2, 0.25) is 0 Å². The van der Waals surface area contributed by atoms with Crippen LogP contribution in [0.15, 0.2) is 48.5 Å². The lowest BCUT2D eigenvalue weighted by molar-refractivity contribution is 1.25. The van der Waals surface area contributed by atoms with Gasteiger partial charge in [-0.05, 0) is 150 Å². The summed E-state index contributed by atoms with van der Waals surface area (Å²) in [5.74, 6) is 0. The van der Waals surface area contributed by atoms with Crippen LogP contribution in [-0.2, 0) is 0 Å². The van der Waals surface area contributed by atoms with Crippen molar-refractivity contribution >= 4 is 33.8 Å². The Bertz CT molecular complexity index is 1620. The Balaban J connectivity index is 1.97. The molecule has 1 heterocycles. The lowest BCUT2D eigenvalue weighted by atomic mass is 9.86. The second kappa shape index (κ2) is 11.5. The second-order valence-corrected chi connectivity index (χ2v) is 15.2. The van der Waals surface area contributed by atoms with Crippen molar-refractivity contribution in [3.8, 4) is 0 Å². The minimum absolute atomic E-state index is 1.32. The molecule has 42 heavy (non-hydrogen) atoms. The van der Waals surface area contributed by atoms with Crippen molar-refractivity contribution in [3.63, 3.8) is 0 Å². The number of rotatable bonds is 4. The molecule has 0 spiro atoms. The highest BCUT2D eigenvalue weighted by atomic mass is 32.2. The molecule has 1 aromatic heterocycles. The van der Waals surface area contributed by atoms with E-state index in [2.05, 4.69) is 132 Å². The van der Waals surface area contributed by atoms with Crippen LogP contribution >= 0.6 is 22.7 Å². The number of benzene rings is 4. The van der Waals surface area contributed by atoms with Gasteiger partial charge in [0, 0.05) is 11.1 Å². The van der Waals surface area contributed by atoms with Gasteiger partial charge in [0.05, 0.1) is 7.69 Å². The molecule has 0 saturated heterocycles. The zero-order valence-corrected chi connectivity index (χ0v) is 29.1. The lowest BCUT2D eigenvalue weighted by Crippen LogP contribution is -2.21. The van der Waals surface area contributed by atoms with Crippen LogP contribution in [0.2, 0.25) is 0 Å². The highest BCUT2D eigenvalue weighted by molar-refractivity contribution is 7.36. The van der Waals surface area contributed by atoms with Gasteiger partial charge in [0.15, 0.2) is 0 Å². The first-order chi connectivity index (χ1) is 19.8. The van der Waals surface area contributed by atoms with Crippen molar-refractivity contribution in [1.29, 1.82) is 0 Å². The summed E-state index contributed by atoms with van der Waals surface area (Å²) in [5, 5.41) is 0. The summed E-state index contributed by atoms with van der Waals surface area (Å²) in [6.07, 6.45) is 0. The van der Waals surface area contributed by atoms with Crippen LogP contribution in [0.3, 0.4) is 0 Å².